The maximum absolute atomic E-state index is 12.0. The lowest BCUT2D eigenvalue weighted by atomic mass is 9.82. The van der Waals surface area contributed by atoms with Crippen molar-refractivity contribution in [1.29, 1.82) is 0 Å². The van der Waals surface area contributed by atoms with Crippen molar-refractivity contribution in [1.82, 2.24) is 4.72 Å². The van der Waals surface area contributed by atoms with E-state index in [1.54, 1.807) is 17.5 Å². The highest BCUT2D eigenvalue weighted by Crippen LogP contribution is 2.35. The van der Waals surface area contributed by atoms with Crippen LogP contribution in [0.1, 0.15) is 33.1 Å². The molecule has 120 valence electrons. The fourth-order valence-corrected chi connectivity index (χ4v) is 4.52. The quantitative estimate of drug-likeness (QED) is 0.743. The van der Waals surface area contributed by atoms with Crippen molar-refractivity contribution in [3.8, 4) is 0 Å². The SMILES string of the molecule is CC[C@@](C)(CCCNS(=O)(=O)c1cccs1)C1OCCO1. The van der Waals surface area contributed by atoms with Gasteiger partial charge in [0.15, 0.2) is 6.29 Å². The summed E-state index contributed by atoms with van der Waals surface area (Å²) in [7, 11) is -3.35. The topological polar surface area (TPSA) is 64.6 Å². The van der Waals surface area contributed by atoms with Crippen LogP contribution in [0.2, 0.25) is 0 Å². The molecular formula is C14H23NO4S2. The van der Waals surface area contributed by atoms with Gasteiger partial charge in [0.05, 0.1) is 13.2 Å². The fraction of sp³-hybridized carbons (Fsp3) is 0.714. The summed E-state index contributed by atoms with van der Waals surface area (Å²) >= 11 is 1.23. The summed E-state index contributed by atoms with van der Waals surface area (Å²) in [5, 5.41) is 1.76. The van der Waals surface area contributed by atoms with Crippen molar-refractivity contribution in [2.45, 2.75) is 43.6 Å². The van der Waals surface area contributed by atoms with E-state index < -0.39 is 10.0 Å². The molecule has 0 unspecified atom stereocenters. The third-order valence-electron chi connectivity index (χ3n) is 3.98. The minimum absolute atomic E-state index is 0.0646. The van der Waals surface area contributed by atoms with E-state index in [0.29, 0.717) is 24.0 Å². The van der Waals surface area contributed by atoms with E-state index in [-0.39, 0.29) is 11.7 Å². The lowest BCUT2D eigenvalue weighted by Gasteiger charge is -2.33. The van der Waals surface area contributed by atoms with Crippen LogP contribution in [0.15, 0.2) is 21.7 Å². The van der Waals surface area contributed by atoms with E-state index in [2.05, 4.69) is 18.6 Å². The highest BCUT2D eigenvalue weighted by molar-refractivity contribution is 7.91. The van der Waals surface area contributed by atoms with Crippen LogP contribution in [-0.4, -0.2) is 34.5 Å². The lowest BCUT2D eigenvalue weighted by molar-refractivity contribution is -0.131. The Labute approximate surface area is 130 Å². The summed E-state index contributed by atoms with van der Waals surface area (Å²) in [6.07, 6.45) is 2.39. The Balaban J connectivity index is 1.81. The molecule has 1 aliphatic heterocycles. The lowest BCUT2D eigenvalue weighted by Crippen LogP contribution is -2.34. The second-order valence-corrected chi connectivity index (χ2v) is 8.46. The van der Waals surface area contributed by atoms with E-state index in [4.69, 9.17) is 9.47 Å². The normalized spacial score (nSPS) is 19.7. The molecule has 21 heavy (non-hydrogen) atoms. The Morgan fingerprint density at radius 2 is 2.14 bits per heavy atom. The van der Waals surface area contributed by atoms with Crippen molar-refractivity contribution >= 4 is 21.4 Å². The Morgan fingerprint density at radius 3 is 2.71 bits per heavy atom. The van der Waals surface area contributed by atoms with Crippen molar-refractivity contribution in [2.75, 3.05) is 19.8 Å². The maximum Gasteiger partial charge on any atom is 0.250 e. The van der Waals surface area contributed by atoms with Gasteiger partial charge in [-0.1, -0.05) is 19.9 Å². The van der Waals surface area contributed by atoms with Crippen LogP contribution in [0.25, 0.3) is 0 Å². The van der Waals surface area contributed by atoms with Gasteiger partial charge in [-0.25, -0.2) is 13.1 Å². The molecule has 0 amide bonds. The van der Waals surface area contributed by atoms with Crippen LogP contribution in [0.4, 0.5) is 0 Å². The Hall–Kier alpha value is -0.470. The van der Waals surface area contributed by atoms with Crippen LogP contribution in [-0.2, 0) is 19.5 Å². The molecule has 0 saturated carbocycles. The highest BCUT2D eigenvalue weighted by Gasteiger charge is 2.36. The number of ether oxygens (including phenoxy) is 2. The molecule has 0 bridgehead atoms. The van der Waals surface area contributed by atoms with Gasteiger partial charge in [-0.2, -0.15) is 0 Å². The van der Waals surface area contributed by atoms with Gasteiger partial charge < -0.3 is 9.47 Å². The summed E-state index contributed by atoms with van der Waals surface area (Å²) in [6.45, 7) is 5.97. The summed E-state index contributed by atoms with van der Waals surface area (Å²) in [6, 6.07) is 3.35. The first kappa shape index (κ1) is 16.9. The maximum atomic E-state index is 12.0. The number of hydrogen-bond acceptors (Lipinski definition) is 5. The first-order valence-electron chi connectivity index (χ1n) is 7.24. The molecule has 0 radical (unpaired) electrons. The molecule has 2 heterocycles. The average molecular weight is 333 g/mol. The molecule has 0 aromatic carbocycles. The standard InChI is InChI=1S/C14H23NO4S2/c1-3-14(2,13-18-9-10-19-13)7-5-8-15-21(16,17)12-6-4-11-20-12/h4,6,11,13,15H,3,5,7-10H2,1-2H3/t14-/m0/s1. The zero-order valence-corrected chi connectivity index (χ0v) is 14.1. The van der Waals surface area contributed by atoms with E-state index in [9.17, 15) is 8.42 Å². The zero-order valence-electron chi connectivity index (χ0n) is 12.5. The highest BCUT2D eigenvalue weighted by atomic mass is 32.2. The third kappa shape index (κ3) is 4.26. The van der Waals surface area contributed by atoms with Gasteiger partial charge in [-0.05, 0) is 30.7 Å². The van der Waals surface area contributed by atoms with Gasteiger partial charge in [0, 0.05) is 12.0 Å². The third-order valence-corrected chi connectivity index (χ3v) is 6.83. The molecule has 1 saturated heterocycles. The van der Waals surface area contributed by atoms with Crippen LogP contribution >= 0.6 is 11.3 Å². The van der Waals surface area contributed by atoms with Crippen LogP contribution in [0, 0.1) is 5.41 Å². The Kier molecular flexibility index (Phi) is 5.79. The minimum atomic E-state index is -3.35. The van der Waals surface area contributed by atoms with Crippen molar-refractivity contribution < 1.29 is 17.9 Å². The molecule has 5 nitrogen and oxygen atoms in total. The van der Waals surface area contributed by atoms with Crippen molar-refractivity contribution in [3.05, 3.63) is 17.5 Å². The summed E-state index contributed by atoms with van der Waals surface area (Å²) in [4.78, 5) is 0. The molecular weight excluding hydrogens is 310 g/mol. The van der Waals surface area contributed by atoms with Gasteiger partial charge in [-0.15, -0.1) is 11.3 Å². The predicted molar refractivity (Wildman–Crippen MR) is 82.8 cm³/mol. The monoisotopic (exact) mass is 333 g/mol. The van der Waals surface area contributed by atoms with E-state index in [1.165, 1.54) is 11.3 Å². The number of thiophene rings is 1. The number of sulfonamides is 1. The second kappa shape index (κ2) is 7.19. The summed E-state index contributed by atoms with van der Waals surface area (Å²) in [5.41, 5.74) is -0.0646. The molecule has 2 rings (SSSR count). The molecule has 7 heteroatoms. The molecule has 1 aromatic rings. The molecule has 1 fully saturated rings. The zero-order chi connectivity index (χ0) is 15.3. The summed E-state index contributed by atoms with van der Waals surface area (Å²) in [5.74, 6) is 0. The van der Waals surface area contributed by atoms with Crippen molar-refractivity contribution in [2.24, 2.45) is 5.41 Å². The second-order valence-electron chi connectivity index (χ2n) is 5.51. The number of rotatable bonds is 8. The first-order valence-corrected chi connectivity index (χ1v) is 9.60. The Bertz CT molecular complexity index is 523. The van der Waals surface area contributed by atoms with E-state index in [1.807, 2.05) is 0 Å². The van der Waals surface area contributed by atoms with Crippen molar-refractivity contribution in [3.63, 3.8) is 0 Å². The average Bonchev–Trinajstić information content (AvgIpc) is 3.15. The molecule has 0 aliphatic carbocycles. The molecule has 1 atom stereocenters. The van der Waals surface area contributed by atoms with Gasteiger partial charge in [-0.3, -0.25) is 0 Å². The Morgan fingerprint density at radius 1 is 1.43 bits per heavy atom. The number of hydrogen-bond donors (Lipinski definition) is 1. The largest absolute Gasteiger partial charge is 0.350 e. The van der Waals surface area contributed by atoms with Crippen LogP contribution < -0.4 is 4.72 Å². The first-order chi connectivity index (χ1) is 9.98. The fourth-order valence-electron chi connectivity index (χ4n) is 2.41. The molecule has 0 spiro atoms. The predicted octanol–water partition coefficient (Wildman–Crippen LogP) is 2.60. The smallest absolute Gasteiger partial charge is 0.250 e. The molecule has 1 N–H and O–H groups in total. The summed E-state index contributed by atoms with van der Waals surface area (Å²) < 4.78 is 38.2. The minimum Gasteiger partial charge on any atom is -0.350 e. The van der Waals surface area contributed by atoms with Gasteiger partial charge in [0.2, 0.25) is 10.0 Å². The van der Waals surface area contributed by atoms with Gasteiger partial charge >= 0.3 is 0 Å². The molecule has 1 aromatic heterocycles. The molecule has 1 aliphatic rings. The van der Waals surface area contributed by atoms with Gasteiger partial charge in [0.25, 0.3) is 0 Å². The van der Waals surface area contributed by atoms with E-state index in [0.717, 1.165) is 19.3 Å². The van der Waals surface area contributed by atoms with E-state index >= 15 is 0 Å². The number of nitrogens with one attached hydrogen (secondary N) is 1. The van der Waals surface area contributed by atoms with Gasteiger partial charge in [0.1, 0.15) is 4.21 Å². The van der Waals surface area contributed by atoms with Crippen LogP contribution in [0.3, 0.4) is 0 Å². The van der Waals surface area contributed by atoms with Crippen LogP contribution in [0.5, 0.6) is 0 Å².